The number of nitrogens with zero attached hydrogens (tertiary/aromatic N) is 1. The fraction of sp³-hybridized carbons (Fsp3) is 1.00. The van der Waals surface area contributed by atoms with Gasteiger partial charge in [-0.05, 0) is 38.1 Å². The SMILES string of the molecule is CCNC1CCCCC1CN(CC(F)(F)F)C1CC1. The summed E-state index contributed by atoms with van der Waals surface area (Å²) in [6.45, 7) is 2.86. The summed E-state index contributed by atoms with van der Waals surface area (Å²) in [6, 6.07) is 0.596. The second kappa shape index (κ2) is 6.44. The zero-order valence-corrected chi connectivity index (χ0v) is 11.7. The van der Waals surface area contributed by atoms with Gasteiger partial charge in [0.1, 0.15) is 0 Å². The second-order valence-electron chi connectivity index (χ2n) is 5.98. The lowest BCUT2D eigenvalue weighted by molar-refractivity contribution is -0.149. The highest BCUT2D eigenvalue weighted by Crippen LogP contribution is 2.33. The normalized spacial score (nSPS) is 28.9. The first-order chi connectivity index (χ1) is 8.99. The summed E-state index contributed by atoms with van der Waals surface area (Å²) in [5, 5.41) is 3.45. The van der Waals surface area contributed by atoms with Gasteiger partial charge >= 0.3 is 6.18 Å². The summed E-state index contributed by atoms with van der Waals surface area (Å²) in [7, 11) is 0. The third-order valence-corrected chi connectivity index (χ3v) is 4.29. The Morgan fingerprint density at radius 1 is 1.11 bits per heavy atom. The van der Waals surface area contributed by atoms with Crippen LogP contribution in [0.3, 0.4) is 0 Å². The lowest BCUT2D eigenvalue weighted by Crippen LogP contribution is -2.46. The number of halogens is 3. The summed E-state index contributed by atoms with van der Waals surface area (Å²) < 4.78 is 37.9. The maximum Gasteiger partial charge on any atom is 0.401 e. The first kappa shape index (κ1) is 15.1. The van der Waals surface area contributed by atoms with Crippen LogP contribution in [-0.2, 0) is 0 Å². The van der Waals surface area contributed by atoms with Crippen molar-refractivity contribution in [3.8, 4) is 0 Å². The molecule has 0 spiro atoms. The number of hydrogen-bond donors (Lipinski definition) is 1. The Balaban J connectivity index is 1.91. The van der Waals surface area contributed by atoms with Gasteiger partial charge in [-0.25, -0.2) is 0 Å². The van der Waals surface area contributed by atoms with Crippen LogP contribution in [0, 0.1) is 5.92 Å². The average Bonchev–Trinajstić information content (AvgIpc) is 3.13. The van der Waals surface area contributed by atoms with Gasteiger partial charge in [-0.2, -0.15) is 13.2 Å². The van der Waals surface area contributed by atoms with Crippen molar-refractivity contribution in [2.24, 2.45) is 5.92 Å². The molecule has 2 rings (SSSR count). The van der Waals surface area contributed by atoms with Crippen LogP contribution < -0.4 is 5.32 Å². The van der Waals surface area contributed by atoms with Gasteiger partial charge in [0.05, 0.1) is 6.54 Å². The van der Waals surface area contributed by atoms with E-state index in [1.165, 1.54) is 6.42 Å². The van der Waals surface area contributed by atoms with Gasteiger partial charge in [-0.1, -0.05) is 19.8 Å². The van der Waals surface area contributed by atoms with E-state index in [0.29, 0.717) is 18.5 Å². The lowest BCUT2D eigenvalue weighted by Gasteiger charge is -2.36. The third-order valence-electron chi connectivity index (χ3n) is 4.29. The first-order valence-electron chi connectivity index (χ1n) is 7.54. The van der Waals surface area contributed by atoms with Crippen molar-refractivity contribution in [2.45, 2.75) is 63.7 Å². The van der Waals surface area contributed by atoms with Gasteiger partial charge in [0.15, 0.2) is 0 Å². The highest BCUT2D eigenvalue weighted by Gasteiger charge is 2.39. The summed E-state index contributed by atoms with van der Waals surface area (Å²) in [5.41, 5.74) is 0. The van der Waals surface area contributed by atoms with Crippen molar-refractivity contribution in [2.75, 3.05) is 19.6 Å². The molecule has 112 valence electrons. The minimum atomic E-state index is -4.06. The zero-order chi connectivity index (χ0) is 13.9. The molecule has 2 unspecified atom stereocenters. The van der Waals surface area contributed by atoms with E-state index in [1.54, 1.807) is 4.90 Å². The zero-order valence-electron chi connectivity index (χ0n) is 11.7. The molecule has 1 N–H and O–H groups in total. The molecule has 2 aliphatic carbocycles. The Labute approximate surface area is 113 Å². The van der Waals surface area contributed by atoms with Crippen molar-refractivity contribution in [1.82, 2.24) is 10.2 Å². The van der Waals surface area contributed by atoms with E-state index in [0.717, 1.165) is 38.6 Å². The van der Waals surface area contributed by atoms with E-state index in [4.69, 9.17) is 0 Å². The third kappa shape index (κ3) is 4.95. The molecule has 2 aliphatic rings. The molecule has 2 nitrogen and oxygen atoms in total. The Bertz CT molecular complexity index is 274. The molecule has 0 heterocycles. The molecule has 0 aromatic rings. The number of nitrogens with one attached hydrogen (secondary N) is 1. The van der Waals surface area contributed by atoms with Gasteiger partial charge < -0.3 is 5.32 Å². The monoisotopic (exact) mass is 278 g/mol. The Morgan fingerprint density at radius 3 is 2.37 bits per heavy atom. The van der Waals surface area contributed by atoms with Crippen molar-refractivity contribution >= 4 is 0 Å². The van der Waals surface area contributed by atoms with Crippen molar-refractivity contribution in [3.05, 3.63) is 0 Å². The van der Waals surface area contributed by atoms with Crippen LogP contribution in [-0.4, -0.2) is 42.8 Å². The minimum Gasteiger partial charge on any atom is -0.314 e. The van der Waals surface area contributed by atoms with Crippen LogP contribution in [0.5, 0.6) is 0 Å². The van der Waals surface area contributed by atoms with Gasteiger partial charge in [0, 0.05) is 18.6 Å². The molecular formula is C14H25F3N2. The van der Waals surface area contributed by atoms with E-state index >= 15 is 0 Å². The van der Waals surface area contributed by atoms with E-state index in [9.17, 15) is 13.2 Å². The largest absolute Gasteiger partial charge is 0.401 e. The smallest absolute Gasteiger partial charge is 0.314 e. The Morgan fingerprint density at radius 2 is 1.79 bits per heavy atom. The molecule has 19 heavy (non-hydrogen) atoms. The van der Waals surface area contributed by atoms with Crippen molar-refractivity contribution in [3.63, 3.8) is 0 Å². The quantitative estimate of drug-likeness (QED) is 0.803. The van der Waals surface area contributed by atoms with Crippen molar-refractivity contribution < 1.29 is 13.2 Å². The maximum absolute atomic E-state index is 12.6. The van der Waals surface area contributed by atoms with Gasteiger partial charge in [-0.3, -0.25) is 4.90 Å². The summed E-state index contributed by atoms with van der Waals surface area (Å²) >= 11 is 0. The molecule has 0 saturated heterocycles. The summed E-state index contributed by atoms with van der Waals surface area (Å²) in [6.07, 6.45) is 2.37. The summed E-state index contributed by atoms with van der Waals surface area (Å²) in [4.78, 5) is 1.68. The summed E-state index contributed by atoms with van der Waals surface area (Å²) in [5.74, 6) is 0.386. The van der Waals surface area contributed by atoms with E-state index in [1.807, 2.05) is 0 Å². The highest BCUT2D eigenvalue weighted by atomic mass is 19.4. The first-order valence-corrected chi connectivity index (χ1v) is 7.54. The van der Waals surface area contributed by atoms with Crippen LogP contribution in [0.15, 0.2) is 0 Å². The minimum absolute atomic E-state index is 0.186. The van der Waals surface area contributed by atoms with Crippen molar-refractivity contribution in [1.29, 1.82) is 0 Å². The molecular weight excluding hydrogens is 253 g/mol. The lowest BCUT2D eigenvalue weighted by atomic mass is 9.84. The van der Waals surface area contributed by atoms with Crippen LogP contribution in [0.25, 0.3) is 0 Å². The van der Waals surface area contributed by atoms with Gasteiger partial charge in [-0.15, -0.1) is 0 Å². The van der Waals surface area contributed by atoms with E-state index in [2.05, 4.69) is 12.2 Å². The highest BCUT2D eigenvalue weighted by molar-refractivity contribution is 4.90. The van der Waals surface area contributed by atoms with Gasteiger partial charge in [0.25, 0.3) is 0 Å². The molecule has 2 saturated carbocycles. The van der Waals surface area contributed by atoms with E-state index < -0.39 is 12.7 Å². The van der Waals surface area contributed by atoms with E-state index in [-0.39, 0.29) is 6.04 Å². The second-order valence-corrected chi connectivity index (χ2v) is 5.98. The topological polar surface area (TPSA) is 15.3 Å². The predicted molar refractivity (Wildman–Crippen MR) is 70.1 cm³/mol. The fourth-order valence-electron chi connectivity index (χ4n) is 3.27. The molecule has 0 bridgehead atoms. The van der Waals surface area contributed by atoms with Crippen LogP contribution in [0.2, 0.25) is 0 Å². The van der Waals surface area contributed by atoms with Crippen LogP contribution in [0.1, 0.15) is 45.4 Å². The molecule has 2 fully saturated rings. The molecule has 0 aromatic carbocycles. The number of alkyl halides is 3. The fourth-order valence-corrected chi connectivity index (χ4v) is 3.27. The van der Waals surface area contributed by atoms with Crippen LogP contribution in [0.4, 0.5) is 13.2 Å². The molecule has 2 atom stereocenters. The predicted octanol–water partition coefficient (Wildman–Crippen LogP) is 3.18. The number of hydrogen-bond acceptors (Lipinski definition) is 2. The van der Waals surface area contributed by atoms with Gasteiger partial charge in [0.2, 0.25) is 0 Å². The Kier molecular flexibility index (Phi) is 5.12. The Hall–Kier alpha value is -0.290. The molecule has 5 heteroatoms. The molecule has 0 aromatic heterocycles. The average molecular weight is 278 g/mol. The van der Waals surface area contributed by atoms with Crippen LogP contribution >= 0.6 is 0 Å². The number of rotatable bonds is 6. The molecule has 0 radical (unpaired) electrons. The maximum atomic E-state index is 12.6. The standard InChI is InChI=1S/C14H25F3N2/c1-2-18-13-6-4-3-5-11(13)9-19(12-7-8-12)10-14(15,16)17/h11-13,18H,2-10H2,1H3. The molecule has 0 aliphatic heterocycles. The molecule has 0 amide bonds.